The van der Waals surface area contributed by atoms with Gasteiger partial charge in [-0.15, -0.1) is 0 Å². The first kappa shape index (κ1) is 12.4. The van der Waals surface area contributed by atoms with Crippen molar-refractivity contribution in [3.63, 3.8) is 0 Å². The third kappa shape index (κ3) is 2.77. The van der Waals surface area contributed by atoms with Gasteiger partial charge < -0.3 is 9.52 Å². The molecule has 1 aromatic carbocycles. The number of rotatable bonds is 5. The molecule has 2 rings (SSSR count). The molecule has 0 aliphatic rings. The van der Waals surface area contributed by atoms with Crippen molar-refractivity contribution < 1.29 is 14.3 Å². The minimum Gasteiger partial charge on any atom is -0.481 e. The Hall–Kier alpha value is -2.10. The van der Waals surface area contributed by atoms with Gasteiger partial charge in [0.05, 0.1) is 5.69 Å². The fourth-order valence-electron chi connectivity index (χ4n) is 1.80. The fraction of sp³-hybridized carbons (Fsp3) is 0.286. The van der Waals surface area contributed by atoms with Crippen molar-refractivity contribution in [2.75, 3.05) is 0 Å². The Labute approximate surface area is 105 Å². The molecule has 0 unspecified atom stereocenters. The molecule has 0 atom stereocenters. The zero-order valence-electron chi connectivity index (χ0n) is 10.2. The highest BCUT2D eigenvalue weighted by Gasteiger charge is 2.16. The second-order valence-electron chi connectivity index (χ2n) is 4.08. The molecule has 0 aliphatic heterocycles. The van der Waals surface area contributed by atoms with E-state index in [4.69, 9.17) is 9.52 Å². The van der Waals surface area contributed by atoms with Gasteiger partial charge in [-0.25, -0.2) is 4.98 Å². The number of hydrogen-bond acceptors (Lipinski definition) is 3. The monoisotopic (exact) mass is 245 g/mol. The van der Waals surface area contributed by atoms with Crippen molar-refractivity contribution in [1.82, 2.24) is 4.98 Å². The van der Waals surface area contributed by atoms with E-state index in [9.17, 15) is 4.79 Å². The van der Waals surface area contributed by atoms with Crippen LogP contribution < -0.4 is 0 Å². The number of carboxylic acids is 1. The number of carbonyl (C=O) groups is 1. The van der Waals surface area contributed by atoms with E-state index in [2.05, 4.69) is 4.98 Å². The van der Waals surface area contributed by atoms with Crippen molar-refractivity contribution >= 4 is 5.97 Å². The van der Waals surface area contributed by atoms with Crippen LogP contribution in [0.2, 0.25) is 0 Å². The van der Waals surface area contributed by atoms with Crippen LogP contribution in [-0.4, -0.2) is 16.1 Å². The Balaban J connectivity index is 2.35. The molecule has 0 saturated heterocycles. The zero-order chi connectivity index (χ0) is 13.0. The maximum atomic E-state index is 10.8. The van der Waals surface area contributed by atoms with Crippen LogP contribution in [0.4, 0.5) is 0 Å². The highest BCUT2D eigenvalue weighted by molar-refractivity contribution is 5.70. The second kappa shape index (κ2) is 5.49. The van der Waals surface area contributed by atoms with E-state index in [-0.39, 0.29) is 6.42 Å². The SMILES string of the molecule is CCCc1nc(-c2ccccc2)oc1CC(=O)O. The van der Waals surface area contributed by atoms with E-state index in [1.807, 2.05) is 37.3 Å². The lowest BCUT2D eigenvalue weighted by Gasteiger charge is -1.94. The lowest BCUT2D eigenvalue weighted by molar-refractivity contribution is -0.136. The van der Waals surface area contributed by atoms with Crippen LogP contribution in [-0.2, 0) is 17.6 Å². The predicted molar refractivity (Wildman–Crippen MR) is 67.3 cm³/mol. The average molecular weight is 245 g/mol. The summed E-state index contributed by atoms with van der Waals surface area (Å²) >= 11 is 0. The van der Waals surface area contributed by atoms with Crippen molar-refractivity contribution in [3.8, 4) is 11.5 Å². The normalized spacial score (nSPS) is 10.5. The van der Waals surface area contributed by atoms with E-state index >= 15 is 0 Å². The zero-order valence-corrected chi connectivity index (χ0v) is 10.2. The highest BCUT2D eigenvalue weighted by Crippen LogP contribution is 2.23. The first-order valence-electron chi connectivity index (χ1n) is 5.96. The van der Waals surface area contributed by atoms with Crippen molar-refractivity contribution in [3.05, 3.63) is 41.8 Å². The van der Waals surface area contributed by atoms with Crippen LogP contribution in [0, 0.1) is 0 Å². The molecule has 1 aromatic heterocycles. The first-order chi connectivity index (χ1) is 8.70. The molecule has 4 heteroatoms. The molecule has 4 nitrogen and oxygen atoms in total. The van der Waals surface area contributed by atoms with Crippen LogP contribution in [0.25, 0.3) is 11.5 Å². The third-order valence-corrected chi connectivity index (χ3v) is 2.60. The molecule has 2 aromatic rings. The smallest absolute Gasteiger partial charge is 0.311 e. The molecular weight excluding hydrogens is 230 g/mol. The predicted octanol–water partition coefficient (Wildman–Crippen LogP) is 2.92. The van der Waals surface area contributed by atoms with Gasteiger partial charge in [0.2, 0.25) is 5.89 Å². The molecule has 0 amide bonds. The molecule has 0 spiro atoms. The summed E-state index contributed by atoms with van der Waals surface area (Å²) in [6.45, 7) is 2.03. The highest BCUT2D eigenvalue weighted by atomic mass is 16.4. The summed E-state index contributed by atoms with van der Waals surface area (Å²) in [5, 5.41) is 8.85. The standard InChI is InChI=1S/C14H15NO3/c1-2-6-11-12(9-13(16)17)18-14(15-11)10-7-4-3-5-8-10/h3-5,7-8H,2,6,9H2,1H3,(H,16,17). The Morgan fingerprint density at radius 1 is 1.33 bits per heavy atom. The maximum absolute atomic E-state index is 10.8. The van der Waals surface area contributed by atoms with Crippen LogP contribution in [0.5, 0.6) is 0 Å². The fourth-order valence-corrected chi connectivity index (χ4v) is 1.80. The van der Waals surface area contributed by atoms with E-state index in [1.165, 1.54) is 0 Å². The van der Waals surface area contributed by atoms with E-state index in [0.717, 1.165) is 24.1 Å². The molecule has 0 fully saturated rings. The summed E-state index contributed by atoms with van der Waals surface area (Å²) < 4.78 is 5.57. The van der Waals surface area contributed by atoms with Gasteiger partial charge in [0.1, 0.15) is 12.2 Å². The second-order valence-corrected chi connectivity index (χ2v) is 4.08. The van der Waals surface area contributed by atoms with Gasteiger partial charge in [0.25, 0.3) is 0 Å². The maximum Gasteiger partial charge on any atom is 0.311 e. The largest absolute Gasteiger partial charge is 0.481 e. The molecular formula is C14H15NO3. The molecule has 1 N–H and O–H groups in total. The molecule has 0 bridgehead atoms. The first-order valence-corrected chi connectivity index (χ1v) is 5.96. The number of benzene rings is 1. The summed E-state index contributed by atoms with van der Waals surface area (Å²) in [5.74, 6) is 0.0571. The van der Waals surface area contributed by atoms with Gasteiger partial charge in [0, 0.05) is 5.56 Å². The Morgan fingerprint density at radius 2 is 2.06 bits per heavy atom. The molecule has 94 valence electrons. The molecule has 0 radical (unpaired) electrons. The number of oxazole rings is 1. The van der Waals surface area contributed by atoms with Crippen molar-refractivity contribution in [2.45, 2.75) is 26.2 Å². The average Bonchev–Trinajstić information content (AvgIpc) is 2.73. The van der Waals surface area contributed by atoms with Crippen molar-refractivity contribution in [1.29, 1.82) is 0 Å². The summed E-state index contributed by atoms with van der Waals surface area (Å²) in [7, 11) is 0. The Kier molecular flexibility index (Phi) is 3.77. The van der Waals surface area contributed by atoms with Crippen LogP contribution in [0.15, 0.2) is 34.7 Å². The van der Waals surface area contributed by atoms with Crippen LogP contribution in [0.1, 0.15) is 24.8 Å². The van der Waals surface area contributed by atoms with Gasteiger partial charge in [0.15, 0.2) is 0 Å². The summed E-state index contributed by atoms with van der Waals surface area (Å²) in [6, 6.07) is 9.50. The van der Waals surface area contributed by atoms with Crippen molar-refractivity contribution in [2.24, 2.45) is 0 Å². The lowest BCUT2D eigenvalue weighted by atomic mass is 10.2. The van der Waals surface area contributed by atoms with E-state index in [0.29, 0.717) is 11.7 Å². The Bertz CT molecular complexity index is 531. The number of aromatic nitrogens is 1. The number of aryl methyl sites for hydroxylation is 1. The minimum absolute atomic E-state index is 0.116. The Morgan fingerprint density at radius 3 is 2.67 bits per heavy atom. The molecule has 0 aliphatic carbocycles. The molecule has 0 saturated carbocycles. The lowest BCUT2D eigenvalue weighted by Crippen LogP contribution is -2.01. The quantitative estimate of drug-likeness (QED) is 0.879. The summed E-state index contributed by atoms with van der Waals surface area (Å²) in [4.78, 5) is 15.2. The molecule has 1 heterocycles. The third-order valence-electron chi connectivity index (χ3n) is 2.60. The summed E-state index contributed by atoms with van der Waals surface area (Å²) in [5.41, 5.74) is 1.62. The number of nitrogens with zero attached hydrogens (tertiary/aromatic N) is 1. The summed E-state index contributed by atoms with van der Waals surface area (Å²) in [6.07, 6.45) is 1.53. The number of aliphatic carboxylic acids is 1. The minimum atomic E-state index is -0.900. The van der Waals surface area contributed by atoms with Gasteiger partial charge >= 0.3 is 5.97 Å². The van der Waals surface area contributed by atoms with Crippen LogP contribution in [0.3, 0.4) is 0 Å². The van der Waals surface area contributed by atoms with Crippen LogP contribution >= 0.6 is 0 Å². The van der Waals surface area contributed by atoms with Gasteiger partial charge in [-0.05, 0) is 18.6 Å². The van der Waals surface area contributed by atoms with E-state index in [1.54, 1.807) is 0 Å². The number of hydrogen-bond donors (Lipinski definition) is 1. The topological polar surface area (TPSA) is 63.3 Å². The van der Waals surface area contributed by atoms with Gasteiger partial charge in [-0.3, -0.25) is 4.79 Å². The van der Waals surface area contributed by atoms with E-state index < -0.39 is 5.97 Å². The molecule has 18 heavy (non-hydrogen) atoms. The number of carboxylic acid groups (broad SMARTS) is 1. The van der Waals surface area contributed by atoms with Gasteiger partial charge in [-0.2, -0.15) is 0 Å². The van der Waals surface area contributed by atoms with Gasteiger partial charge in [-0.1, -0.05) is 31.5 Å².